The lowest BCUT2D eigenvalue weighted by Gasteiger charge is -1.95. The van der Waals surface area contributed by atoms with Crippen molar-refractivity contribution in [1.82, 2.24) is 0 Å². The third kappa shape index (κ3) is 2.63. The Balaban J connectivity index is 3.00. The summed E-state index contributed by atoms with van der Waals surface area (Å²) in [6, 6.07) is 3.79. The minimum absolute atomic E-state index is 0.499. The quantitative estimate of drug-likeness (QED) is 0.476. The summed E-state index contributed by atoms with van der Waals surface area (Å²) in [4.78, 5) is 9.54. The average molecular weight is 260 g/mol. The molecule has 14 heavy (non-hydrogen) atoms. The smallest absolute Gasteiger partial charge is 0.258 e. The van der Waals surface area contributed by atoms with Gasteiger partial charge in [0.25, 0.3) is 0 Å². The molecule has 0 saturated carbocycles. The second-order valence-electron chi connectivity index (χ2n) is 2.52. The van der Waals surface area contributed by atoms with Crippen LogP contribution >= 0.6 is 15.9 Å². The van der Waals surface area contributed by atoms with Gasteiger partial charge in [-0.2, -0.15) is 4.39 Å². The maximum absolute atomic E-state index is 13.0. The zero-order valence-corrected chi connectivity index (χ0v) is 8.70. The molecule has 0 aromatic heterocycles. The van der Waals surface area contributed by atoms with Crippen molar-refractivity contribution in [3.8, 4) is 0 Å². The van der Waals surface area contributed by atoms with Gasteiger partial charge in [-0.3, -0.25) is 10.1 Å². The maximum Gasteiger partial charge on any atom is 0.304 e. The Morgan fingerprint density at radius 1 is 1.57 bits per heavy atom. The first-order valence-electron chi connectivity index (χ1n) is 3.81. The Labute approximate surface area is 88.5 Å². The third-order valence-electron chi connectivity index (χ3n) is 1.57. The molecule has 0 radical (unpaired) electrons. The molecule has 0 fully saturated rings. The Hall–Kier alpha value is -1.23. The van der Waals surface area contributed by atoms with Crippen LogP contribution in [0.5, 0.6) is 0 Å². The minimum Gasteiger partial charge on any atom is -0.258 e. The second-order valence-corrected chi connectivity index (χ2v) is 3.17. The monoisotopic (exact) mass is 259 g/mol. The molecule has 0 heterocycles. The summed E-state index contributed by atoms with van der Waals surface area (Å²) in [7, 11) is 0. The van der Waals surface area contributed by atoms with Crippen LogP contribution in [0.4, 0.5) is 10.1 Å². The van der Waals surface area contributed by atoms with Crippen molar-refractivity contribution in [3.63, 3.8) is 0 Å². The molecule has 1 aromatic rings. The first kappa shape index (κ1) is 10.8. The van der Waals surface area contributed by atoms with Crippen LogP contribution in [0.25, 0.3) is 6.08 Å². The molecular weight excluding hydrogens is 253 g/mol. The Bertz CT molecular complexity index is 379. The number of hydrogen-bond donors (Lipinski definition) is 0. The zero-order chi connectivity index (χ0) is 10.6. The van der Waals surface area contributed by atoms with E-state index in [9.17, 15) is 14.5 Å². The van der Waals surface area contributed by atoms with E-state index < -0.39 is 16.4 Å². The van der Waals surface area contributed by atoms with Gasteiger partial charge >= 0.3 is 5.69 Å². The number of allylic oxidation sites excluding steroid dienone is 1. The Morgan fingerprint density at radius 3 is 2.79 bits per heavy atom. The van der Waals surface area contributed by atoms with Gasteiger partial charge < -0.3 is 0 Å². The fourth-order valence-electron chi connectivity index (χ4n) is 0.956. The SMILES string of the molecule is O=[N+]([O-])c1ccc(C=CCBr)cc1F. The Morgan fingerprint density at radius 2 is 2.29 bits per heavy atom. The van der Waals surface area contributed by atoms with Gasteiger partial charge in [0.1, 0.15) is 0 Å². The highest BCUT2D eigenvalue weighted by Crippen LogP contribution is 2.18. The first-order chi connectivity index (χ1) is 6.65. The van der Waals surface area contributed by atoms with Crippen molar-refractivity contribution in [1.29, 1.82) is 0 Å². The summed E-state index contributed by atoms with van der Waals surface area (Å²) in [5, 5.41) is 10.9. The van der Waals surface area contributed by atoms with Crippen LogP contribution in [0.2, 0.25) is 0 Å². The molecule has 0 aliphatic heterocycles. The number of halogens is 2. The third-order valence-corrected chi connectivity index (χ3v) is 1.94. The van der Waals surface area contributed by atoms with E-state index >= 15 is 0 Å². The fraction of sp³-hybridized carbons (Fsp3) is 0.111. The van der Waals surface area contributed by atoms with Gasteiger partial charge in [-0.25, -0.2) is 0 Å². The molecule has 0 aliphatic carbocycles. The minimum atomic E-state index is -0.813. The van der Waals surface area contributed by atoms with Crippen molar-refractivity contribution < 1.29 is 9.31 Å². The largest absolute Gasteiger partial charge is 0.304 e. The van der Waals surface area contributed by atoms with Gasteiger partial charge in [0, 0.05) is 11.4 Å². The van der Waals surface area contributed by atoms with Crippen LogP contribution in [0, 0.1) is 15.9 Å². The number of alkyl halides is 1. The van der Waals surface area contributed by atoms with E-state index in [4.69, 9.17) is 0 Å². The molecule has 1 rings (SSSR count). The lowest BCUT2D eigenvalue weighted by Crippen LogP contribution is -1.92. The highest BCUT2D eigenvalue weighted by molar-refractivity contribution is 9.09. The summed E-state index contributed by atoms with van der Waals surface area (Å²) in [6.07, 6.45) is 3.46. The molecule has 0 aliphatic rings. The molecule has 74 valence electrons. The molecule has 0 bridgehead atoms. The summed E-state index contributed by atoms with van der Waals surface area (Å²) >= 11 is 3.17. The molecule has 3 nitrogen and oxygen atoms in total. The lowest BCUT2D eigenvalue weighted by atomic mass is 10.2. The van der Waals surface area contributed by atoms with E-state index in [2.05, 4.69) is 15.9 Å². The highest BCUT2D eigenvalue weighted by Gasteiger charge is 2.12. The molecule has 0 amide bonds. The first-order valence-corrected chi connectivity index (χ1v) is 4.93. The van der Waals surface area contributed by atoms with Gasteiger partial charge in [0.05, 0.1) is 4.92 Å². The van der Waals surface area contributed by atoms with E-state index in [0.29, 0.717) is 10.9 Å². The summed E-state index contributed by atoms with van der Waals surface area (Å²) in [5.74, 6) is -0.813. The van der Waals surface area contributed by atoms with Crippen LogP contribution in [0.15, 0.2) is 24.3 Å². The molecular formula is C9H7BrFNO2. The van der Waals surface area contributed by atoms with Crippen LogP contribution < -0.4 is 0 Å². The normalized spacial score (nSPS) is 10.7. The molecule has 0 spiro atoms. The fourth-order valence-corrected chi connectivity index (χ4v) is 1.14. The standard InChI is InChI=1S/C9H7BrFNO2/c10-5-1-2-7-3-4-9(12(13)14)8(11)6-7/h1-4,6H,5H2. The highest BCUT2D eigenvalue weighted by atomic mass is 79.9. The van der Waals surface area contributed by atoms with E-state index in [1.807, 2.05) is 0 Å². The summed E-state index contributed by atoms with van der Waals surface area (Å²) in [6.45, 7) is 0. The van der Waals surface area contributed by atoms with E-state index in [-0.39, 0.29) is 0 Å². The van der Waals surface area contributed by atoms with Crippen molar-refractivity contribution in [2.24, 2.45) is 0 Å². The summed E-state index contributed by atoms with van der Waals surface area (Å²) in [5.41, 5.74) is 0.105. The van der Waals surface area contributed by atoms with Crippen molar-refractivity contribution >= 4 is 27.7 Å². The summed E-state index contributed by atoms with van der Waals surface area (Å²) < 4.78 is 13.0. The second kappa shape index (κ2) is 4.85. The molecule has 5 heteroatoms. The van der Waals surface area contributed by atoms with Crippen LogP contribution in [0.1, 0.15) is 5.56 Å². The van der Waals surface area contributed by atoms with Crippen molar-refractivity contribution in [2.45, 2.75) is 0 Å². The number of benzene rings is 1. The molecule has 1 aromatic carbocycles. The predicted molar refractivity (Wildman–Crippen MR) is 55.9 cm³/mol. The van der Waals surface area contributed by atoms with E-state index in [1.54, 1.807) is 12.2 Å². The van der Waals surface area contributed by atoms with Gasteiger partial charge in [-0.1, -0.05) is 28.1 Å². The van der Waals surface area contributed by atoms with Crippen LogP contribution in [-0.2, 0) is 0 Å². The van der Waals surface area contributed by atoms with Gasteiger partial charge in [-0.05, 0) is 17.7 Å². The topological polar surface area (TPSA) is 43.1 Å². The molecule has 0 N–H and O–H groups in total. The van der Waals surface area contributed by atoms with Crippen LogP contribution in [0.3, 0.4) is 0 Å². The van der Waals surface area contributed by atoms with E-state index in [1.165, 1.54) is 6.07 Å². The van der Waals surface area contributed by atoms with Gasteiger partial charge in [0.15, 0.2) is 0 Å². The maximum atomic E-state index is 13.0. The van der Waals surface area contributed by atoms with Gasteiger partial charge in [-0.15, -0.1) is 0 Å². The van der Waals surface area contributed by atoms with Crippen molar-refractivity contribution in [3.05, 3.63) is 45.8 Å². The number of nitrogens with zero attached hydrogens (tertiary/aromatic N) is 1. The van der Waals surface area contributed by atoms with Gasteiger partial charge in [0.2, 0.25) is 5.82 Å². The average Bonchev–Trinajstić information content (AvgIpc) is 2.14. The number of hydrogen-bond acceptors (Lipinski definition) is 2. The lowest BCUT2D eigenvalue weighted by molar-refractivity contribution is -0.387. The number of rotatable bonds is 3. The molecule has 0 saturated heterocycles. The van der Waals surface area contributed by atoms with E-state index in [0.717, 1.165) is 12.1 Å². The number of nitro benzene ring substituents is 1. The predicted octanol–water partition coefficient (Wildman–Crippen LogP) is 3.14. The van der Waals surface area contributed by atoms with Crippen molar-refractivity contribution in [2.75, 3.05) is 5.33 Å². The molecule has 0 atom stereocenters. The number of nitro groups is 1. The van der Waals surface area contributed by atoms with Crippen LogP contribution in [-0.4, -0.2) is 10.3 Å². The Kier molecular flexibility index (Phi) is 3.76. The molecule has 0 unspecified atom stereocenters. The zero-order valence-electron chi connectivity index (χ0n) is 7.11.